The van der Waals surface area contributed by atoms with E-state index in [1.54, 1.807) is 28.0 Å². The van der Waals surface area contributed by atoms with E-state index in [4.69, 9.17) is 0 Å². The molecule has 0 unspecified atom stereocenters. The predicted molar refractivity (Wildman–Crippen MR) is 99.1 cm³/mol. The fourth-order valence-electron chi connectivity index (χ4n) is 2.89. The molecule has 0 aromatic heterocycles. The highest BCUT2D eigenvalue weighted by molar-refractivity contribution is 5.95. The van der Waals surface area contributed by atoms with Gasteiger partial charge in [-0.15, -0.1) is 0 Å². The Morgan fingerprint density at radius 2 is 1.62 bits per heavy atom. The van der Waals surface area contributed by atoms with Crippen LogP contribution in [0.25, 0.3) is 6.08 Å². The van der Waals surface area contributed by atoms with Crippen LogP contribution in [-0.2, 0) is 4.79 Å². The molecule has 0 saturated carbocycles. The van der Waals surface area contributed by atoms with Crippen LogP contribution in [0.1, 0.15) is 21.5 Å². The SMILES string of the molecule is Cc1ccc(C(=O)N2CCN(C(=O)/C=C/c3cccc(F)c3)CC2)cc1. The average molecular weight is 352 g/mol. The van der Waals surface area contributed by atoms with Crippen molar-refractivity contribution < 1.29 is 14.0 Å². The van der Waals surface area contributed by atoms with Gasteiger partial charge in [0.15, 0.2) is 0 Å². The van der Waals surface area contributed by atoms with Crippen molar-refractivity contribution in [3.05, 3.63) is 77.1 Å². The van der Waals surface area contributed by atoms with Crippen molar-refractivity contribution in [3.8, 4) is 0 Å². The molecule has 4 nitrogen and oxygen atoms in total. The van der Waals surface area contributed by atoms with E-state index in [9.17, 15) is 14.0 Å². The van der Waals surface area contributed by atoms with Crippen LogP contribution in [0, 0.1) is 12.7 Å². The maximum absolute atomic E-state index is 13.2. The van der Waals surface area contributed by atoms with Crippen molar-refractivity contribution in [2.45, 2.75) is 6.92 Å². The minimum Gasteiger partial charge on any atom is -0.336 e. The van der Waals surface area contributed by atoms with Crippen LogP contribution in [0.15, 0.2) is 54.6 Å². The number of carbonyl (C=O) groups excluding carboxylic acids is 2. The second kappa shape index (κ2) is 7.95. The second-order valence-corrected chi connectivity index (χ2v) is 6.37. The highest BCUT2D eigenvalue weighted by atomic mass is 19.1. The lowest BCUT2D eigenvalue weighted by Crippen LogP contribution is -2.50. The molecule has 3 rings (SSSR count). The van der Waals surface area contributed by atoms with Gasteiger partial charge in [0.2, 0.25) is 5.91 Å². The molecule has 1 heterocycles. The molecule has 1 saturated heterocycles. The molecule has 26 heavy (non-hydrogen) atoms. The molecule has 1 fully saturated rings. The Hall–Kier alpha value is -2.95. The van der Waals surface area contributed by atoms with Gasteiger partial charge >= 0.3 is 0 Å². The summed E-state index contributed by atoms with van der Waals surface area (Å²) in [5.74, 6) is -0.466. The first-order valence-corrected chi connectivity index (χ1v) is 8.61. The summed E-state index contributed by atoms with van der Waals surface area (Å²) in [6.07, 6.45) is 3.06. The van der Waals surface area contributed by atoms with Gasteiger partial charge in [0, 0.05) is 37.8 Å². The predicted octanol–water partition coefficient (Wildman–Crippen LogP) is 3.13. The molecule has 2 aromatic rings. The zero-order chi connectivity index (χ0) is 18.5. The lowest BCUT2D eigenvalue weighted by atomic mass is 10.1. The van der Waals surface area contributed by atoms with Gasteiger partial charge in [0.1, 0.15) is 5.82 Å². The van der Waals surface area contributed by atoms with Crippen LogP contribution in [-0.4, -0.2) is 47.8 Å². The number of aryl methyl sites for hydroxylation is 1. The maximum atomic E-state index is 13.2. The number of nitrogens with zero attached hydrogens (tertiary/aromatic N) is 2. The Morgan fingerprint density at radius 1 is 0.962 bits per heavy atom. The molecule has 0 spiro atoms. The van der Waals surface area contributed by atoms with Crippen LogP contribution in [0.3, 0.4) is 0 Å². The maximum Gasteiger partial charge on any atom is 0.253 e. The lowest BCUT2D eigenvalue weighted by molar-refractivity contribution is -0.127. The standard InChI is InChI=1S/C21H21FN2O2/c1-16-5-8-18(9-6-16)21(26)24-13-11-23(12-14-24)20(25)10-7-17-3-2-4-19(22)15-17/h2-10,15H,11-14H2,1H3/b10-7+. The molecule has 1 aliphatic heterocycles. The largest absolute Gasteiger partial charge is 0.336 e. The zero-order valence-electron chi connectivity index (χ0n) is 14.7. The van der Waals surface area contributed by atoms with Crippen LogP contribution in [0.5, 0.6) is 0 Å². The second-order valence-electron chi connectivity index (χ2n) is 6.37. The van der Waals surface area contributed by atoms with E-state index in [1.807, 2.05) is 31.2 Å². The van der Waals surface area contributed by atoms with Gasteiger partial charge in [-0.2, -0.15) is 0 Å². The van der Waals surface area contributed by atoms with Gasteiger partial charge in [-0.3, -0.25) is 9.59 Å². The fraction of sp³-hybridized carbons (Fsp3) is 0.238. The number of halogens is 1. The number of carbonyl (C=O) groups is 2. The van der Waals surface area contributed by atoms with E-state index >= 15 is 0 Å². The van der Waals surface area contributed by atoms with Gasteiger partial charge in [0.05, 0.1) is 0 Å². The molecule has 0 aliphatic carbocycles. The fourth-order valence-corrected chi connectivity index (χ4v) is 2.89. The summed E-state index contributed by atoms with van der Waals surface area (Å²) in [6.45, 7) is 3.97. The van der Waals surface area contributed by atoms with E-state index in [2.05, 4.69) is 0 Å². The molecule has 1 aliphatic rings. The number of amides is 2. The third-order valence-corrected chi connectivity index (χ3v) is 4.44. The van der Waals surface area contributed by atoms with E-state index in [0.29, 0.717) is 37.3 Å². The van der Waals surface area contributed by atoms with Crippen molar-refractivity contribution in [2.24, 2.45) is 0 Å². The summed E-state index contributed by atoms with van der Waals surface area (Å²) in [5.41, 5.74) is 2.43. The van der Waals surface area contributed by atoms with E-state index < -0.39 is 0 Å². The van der Waals surface area contributed by atoms with Gasteiger partial charge in [-0.05, 0) is 42.8 Å². The molecular weight excluding hydrogens is 331 g/mol. The summed E-state index contributed by atoms with van der Waals surface area (Å²) in [6, 6.07) is 13.6. The van der Waals surface area contributed by atoms with Crippen LogP contribution < -0.4 is 0 Å². The molecule has 2 amide bonds. The number of hydrogen-bond donors (Lipinski definition) is 0. The minimum absolute atomic E-state index is 0.00704. The molecule has 5 heteroatoms. The summed E-state index contributed by atoms with van der Waals surface area (Å²) in [7, 11) is 0. The van der Waals surface area contributed by atoms with Crippen molar-refractivity contribution in [2.75, 3.05) is 26.2 Å². The normalized spacial score (nSPS) is 14.7. The lowest BCUT2D eigenvalue weighted by Gasteiger charge is -2.34. The third-order valence-electron chi connectivity index (χ3n) is 4.44. The van der Waals surface area contributed by atoms with Crippen molar-refractivity contribution in [1.29, 1.82) is 0 Å². The Kier molecular flexibility index (Phi) is 5.46. The van der Waals surface area contributed by atoms with Gasteiger partial charge in [0.25, 0.3) is 5.91 Å². The average Bonchev–Trinajstić information content (AvgIpc) is 2.66. The van der Waals surface area contributed by atoms with Gasteiger partial charge in [-0.25, -0.2) is 4.39 Å². The molecule has 0 bridgehead atoms. The minimum atomic E-state index is -0.331. The van der Waals surface area contributed by atoms with Crippen molar-refractivity contribution in [1.82, 2.24) is 9.80 Å². The Morgan fingerprint density at radius 3 is 2.27 bits per heavy atom. The molecule has 0 N–H and O–H groups in total. The summed E-state index contributed by atoms with van der Waals surface area (Å²) < 4.78 is 13.2. The first kappa shape index (κ1) is 17.9. The molecule has 2 aromatic carbocycles. The van der Waals surface area contributed by atoms with Gasteiger partial charge < -0.3 is 9.80 Å². The molecule has 0 radical (unpaired) electrons. The summed E-state index contributed by atoms with van der Waals surface area (Å²) >= 11 is 0. The van der Waals surface area contributed by atoms with Crippen molar-refractivity contribution in [3.63, 3.8) is 0 Å². The Labute approximate surface area is 152 Å². The first-order chi connectivity index (χ1) is 12.5. The topological polar surface area (TPSA) is 40.6 Å². The zero-order valence-corrected chi connectivity index (χ0v) is 14.7. The molecular formula is C21H21FN2O2. The van der Waals surface area contributed by atoms with E-state index in [1.165, 1.54) is 18.2 Å². The number of piperazine rings is 1. The first-order valence-electron chi connectivity index (χ1n) is 8.61. The van der Waals surface area contributed by atoms with Crippen LogP contribution in [0.2, 0.25) is 0 Å². The molecule has 134 valence electrons. The van der Waals surface area contributed by atoms with E-state index in [0.717, 1.165) is 5.56 Å². The number of benzene rings is 2. The third kappa shape index (κ3) is 4.36. The summed E-state index contributed by atoms with van der Waals surface area (Å²) in [5, 5.41) is 0. The number of rotatable bonds is 3. The summed E-state index contributed by atoms with van der Waals surface area (Å²) in [4.78, 5) is 28.3. The molecule has 0 atom stereocenters. The highest BCUT2D eigenvalue weighted by Gasteiger charge is 2.23. The Balaban J connectivity index is 1.55. The monoisotopic (exact) mass is 352 g/mol. The smallest absolute Gasteiger partial charge is 0.253 e. The van der Waals surface area contributed by atoms with Crippen LogP contribution >= 0.6 is 0 Å². The van der Waals surface area contributed by atoms with Crippen LogP contribution in [0.4, 0.5) is 4.39 Å². The quantitative estimate of drug-likeness (QED) is 0.797. The highest BCUT2D eigenvalue weighted by Crippen LogP contribution is 2.11. The van der Waals surface area contributed by atoms with E-state index in [-0.39, 0.29) is 17.6 Å². The van der Waals surface area contributed by atoms with Crippen molar-refractivity contribution >= 4 is 17.9 Å². The van der Waals surface area contributed by atoms with Gasteiger partial charge in [-0.1, -0.05) is 29.8 Å². The number of hydrogen-bond acceptors (Lipinski definition) is 2. The Bertz CT molecular complexity index is 822.